The number of rotatable bonds is 2. The topological polar surface area (TPSA) is 62.3 Å². The summed E-state index contributed by atoms with van der Waals surface area (Å²) in [7, 11) is 1.62. The Morgan fingerprint density at radius 1 is 1.37 bits per heavy atom. The third-order valence-electron chi connectivity index (χ3n) is 3.37. The van der Waals surface area contributed by atoms with Crippen LogP contribution in [0.25, 0.3) is 0 Å². The predicted molar refractivity (Wildman–Crippen MR) is 66.9 cm³/mol. The van der Waals surface area contributed by atoms with Gasteiger partial charge in [0.05, 0.1) is 5.56 Å². The summed E-state index contributed by atoms with van der Waals surface area (Å²) in [6.07, 6.45) is 2.54. The van der Waals surface area contributed by atoms with Crippen molar-refractivity contribution in [3.63, 3.8) is 0 Å². The van der Waals surface area contributed by atoms with E-state index in [4.69, 9.17) is 0 Å². The summed E-state index contributed by atoms with van der Waals surface area (Å²) < 4.78 is 12.7. The Labute approximate surface area is 110 Å². The van der Waals surface area contributed by atoms with Gasteiger partial charge in [-0.15, -0.1) is 0 Å². The highest BCUT2D eigenvalue weighted by molar-refractivity contribution is 5.94. The zero-order valence-electron chi connectivity index (χ0n) is 10.7. The van der Waals surface area contributed by atoms with Crippen LogP contribution in [0.3, 0.4) is 0 Å². The number of pyridine rings is 1. The molecule has 2 rings (SSSR count). The van der Waals surface area contributed by atoms with Crippen molar-refractivity contribution in [3.8, 4) is 0 Å². The van der Waals surface area contributed by atoms with E-state index in [2.05, 4.69) is 10.3 Å². The van der Waals surface area contributed by atoms with E-state index in [0.29, 0.717) is 31.5 Å². The van der Waals surface area contributed by atoms with Gasteiger partial charge < -0.3 is 10.2 Å². The van der Waals surface area contributed by atoms with Gasteiger partial charge in [0.25, 0.3) is 5.91 Å². The van der Waals surface area contributed by atoms with Crippen LogP contribution in [0.4, 0.5) is 4.39 Å². The molecule has 0 unspecified atom stereocenters. The second-order valence-electron chi connectivity index (χ2n) is 4.55. The van der Waals surface area contributed by atoms with Crippen LogP contribution in [0, 0.1) is 11.9 Å². The normalized spacial score (nSPS) is 16.2. The van der Waals surface area contributed by atoms with Crippen LogP contribution in [-0.2, 0) is 4.79 Å². The molecule has 0 saturated carbocycles. The van der Waals surface area contributed by atoms with Crippen molar-refractivity contribution in [3.05, 3.63) is 29.8 Å². The monoisotopic (exact) mass is 265 g/mol. The molecule has 1 fully saturated rings. The second kappa shape index (κ2) is 5.77. The molecule has 0 aromatic carbocycles. The van der Waals surface area contributed by atoms with Crippen LogP contribution in [-0.4, -0.2) is 41.8 Å². The van der Waals surface area contributed by atoms with Crippen molar-refractivity contribution in [2.45, 2.75) is 12.8 Å². The SMILES string of the molecule is CNC(=O)C1CCN(C(=O)c2ccc(F)nc2)CC1. The van der Waals surface area contributed by atoms with Gasteiger partial charge in [0, 0.05) is 32.3 Å². The fourth-order valence-electron chi connectivity index (χ4n) is 2.23. The van der Waals surface area contributed by atoms with Crippen molar-refractivity contribution < 1.29 is 14.0 Å². The van der Waals surface area contributed by atoms with E-state index in [1.807, 2.05) is 0 Å². The van der Waals surface area contributed by atoms with Crippen LogP contribution in [0.2, 0.25) is 0 Å². The molecule has 1 aromatic rings. The number of carbonyl (C=O) groups is 2. The molecule has 6 heteroatoms. The summed E-state index contributed by atoms with van der Waals surface area (Å²) in [5.74, 6) is -0.770. The quantitative estimate of drug-likeness (QED) is 0.805. The minimum absolute atomic E-state index is 0.0237. The minimum Gasteiger partial charge on any atom is -0.359 e. The highest BCUT2D eigenvalue weighted by Crippen LogP contribution is 2.19. The van der Waals surface area contributed by atoms with E-state index < -0.39 is 5.95 Å². The lowest BCUT2D eigenvalue weighted by Crippen LogP contribution is -2.42. The zero-order chi connectivity index (χ0) is 13.8. The van der Waals surface area contributed by atoms with Crippen LogP contribution in [0.1, 0.15) is 23.2 Å². The van der Waals surface area contributed by atoms with E-state index in [1.54, 1.807) is 11.9 Å². The Kier molecular flexibility index (Phi) is 4.09. The molecule has 1 aliphatic heterocycles. The molecular weight excluding hydrogens is 249 g/mol. The van der Waals surface area contributed by atoms with Crippen molar-refractivity contribution >= 4 is 11.8 Å². The first-order valence-electron chi connectivity index (χ1n) is 6.24. The minimum atomic E-state index is -0.602. The van der Waals surface area contributed by atoms with Crippen molar-refractivity contribution in [2.24, 2.45) is 5.92 Å². The molecule has 1 saturated heterocycles. The van der Waals surface area contributed by atoms with Gasteiger partial charge in [-0.2, -0.15) is 4.39 Å². The number of nitrogens with one attached hydrogen (secondary N) is 1. The number of likely N-dealkylation sites (tertiary alicyclic amines) is 1. The van der Waals surface area contributed by atoms with Gasteiger partial charge in [-0.1, -0.05) is 0 Å². The van der Waals surface area contributed by atoms with E-state index in [9.17, 15) is 14.0 Å². The zero-order valence-corrected chi connectivity index (χ0v) is 10.7. The summed E-state index contributed by atoms with van der Waals surface area (Å²) in [6.45, 7) is 1.07. The Morgan fingerprint density at radius 2 is 2.05 bits per heavy atom. The molecule has 2 amide bonds. The number of nitrogens with zero attached hydrogens (tertiary/aromatic N) is 2. The molecule has 0 atom stereocenters. The average molecular weight is 265 g/mol. The number of piperidine rings is 1. The Morgan fingerprint density at radius 3 is 2.58 bits per heavy atom. The van der Waals surface area contributed by atoms with Crippen molar-refractivity contribution in [1.29, 1.82) is 0 Å². The number of halogens is 1. The average Bonchev–Trinajstić information content (AvgIpc) is 2.46. The Balaban J connectivity index is 1.96. The van der Waals surface area contributed by atoms with Crippen molar-refractivity contribution in [2.75, 3.05) is 20.1 Å². The third kappa shape index (κ3) is 3.07. The summed E-state index contributed by atoms with van der Waals surface area (Å²) >= 11 is 0. The summed E-state index contributed by atoms with van der Waals surface area (Å²) in [6, 6.07) is 2.60. The molecule has 19 heavy (non-hydrogen) atoms. The first-order chi connectivity index (χ1) is 9.11. The van der Waals surface area contributed by atoms with Gasteiger partial charge in [-0.25, -0.2) is 4.98 Å². The molecule has 0 aliphatic carbocycles. The van der Waals surface area contributed by atoms with Gasteiger partial charge >= 0.3 is 0 Å². The third-order valence-corrected chi connectivity index (χ3v) is 3.37. The fourth-order valence-corrected chi connectivity index (χ4v) is 2.23. The molecule has 5 nitrogen and oxygen atoms in total. The van der Waals surface area contributed by atoms with Gasteiger partial charge in [-0.3, -0.25) is 9.59 Å². The van der Waals surface area contributed by atoms with E-state index in [0.717, 1.165) is 0 Å². The smallest absolute Gasteiger partial charge is 0.255 e. The van der Waals surface area contributed by atoms with Gasteiger partial charge in [0.1, 0.15) is 0 Å². The largest absolute Gasteiger partial charge is 0.359 e. The molecule has 2 heterocycles. The lowest BCUT2D eigenvalue weighted by atomic mass is 9.95. The molecule has 1 aromatic heterocycles. The van der Waals surface area contributed by atoms with Crippen LogP contribution in [0.5, 0.6) is 0 Å². The highest BCUT2D eigenvalue weighted by Gasteiger charge is 2.27. The standard InChI is InChI=1S/C13H16FN3O2/c1-15-12(18)9-4-6-17(7-5-9)13(19)10-2-3-11(14)16-8-10/h2-3,8-9H,4-7H2,1H3,(H,15,18). The van der Waals surface area contributed by atoms with Crippen molar-refractivity contribution in [1.82, 2.24) is 15.2 Å². The molecule has 102 valence electrons. The number of hydrogen-bond donors (Lipinski definition) is 1. The Hall–Kier alpha value is -1.98. The number of aromatic nitrogens is 1. The number of amides is 2. The van der Waals surface area contributed by atoms with Gasteiger partial charge in [-0.05, 0) is 25.0 Å². The fraction of sp³-hybridized carbons (Fsp3) is 0.462. The molecule has 0 radical (unpaired) electrons. The Bertz CT molecular complexity index is 467. The summed E-state index contributed by atoms with van der Waals surface area (Å²) in [5, 5.41) is 2.62. The summed E-state index contributed by atoms with van der Waals surface area (Å²) in [5.41, 5.74) is 0.375. The molecule has 1 N–H and O–H groups in total. The van der Waals surface area contributed by atoms with E-state index in [-0.39, 0.29) is 17.7 Å². The van der Waals surface area contributed by atoms with Gasteiger partial charge in [0.15, 0.2) is 0 Å². The maximum absolute atomic E-state index is 12.7. The number of hydrogen-bond acceptors (Lipinski definition) is 3. The first kappa shape index (κ1) is 13.5. The molecule has 0 spiro atoms. The van der Waals surface area contributed by atoms with Crippen LogP contribution in [0.15, 0.2) is 18.3 Å². The van der Waals surface area contributed by atoms with Gasteiger partial charge in [0.2, 0.25) is 11.9 Å². The molecule has 0 bridgehead atoms. The highest BCUT2D eigenvalue weighted by atomic mass is 19.1. The van der Waals surface area contributed by atoms with Crippen LogP contribution < -0.4 is 5.32 Å². The predicted octanol–water partition coefficient (Wildman–Crippen LogP) is 0.819. The maximum atomic E-state index is 12.7. The van der Waals surface area contributed by atoms with E-state index >= 15 is 0 Å². The number of carbonyl (C=O) groups excluding carboxylic acids is 2. The molecular formula is C13H16FN3O2. The van der Waals surface area contributed by atoms with E-state index in [1.165, 1.54) is 18.3 Å². The second-order valence-corrected chi connectivity index (χ2v) is 4.55. The summed E-state index contributed by atoms with van der Waals surface area (Å²) in [4.78, 5) is 28.8. The lowest BCUT2D eigenvalue weighted by molar-refractivity contribution is -0.125. The van der Waals surface area contributed by atoms with Crippen LogP contribution >= 0.6 is 0 Å². The lowest BCUT2D eigenvalue weighted by Gasteiger charge is -2.31. The first-order valence-corrected chi connectivity index (χ1v) is 6.24. The molecule has 1 aliphatic rings. The maximum Gasteiger partial charge on any atom is 0.255 e.